The van der Waals surface area contributed by atoms with E-state index in [0.717, 1.165) is 38.9 Å². The highest BCUT2D eigenvalue weighted by molar-refractivity contribution is 6.39. The lowest BCUT2D eigenvalue weighted by molar-refractivity contribution is -0.136. The van der Waals surface area contributed by atoms with Crippen LogP contribution in [0.3, 0.4) is 0 Å². The molecule has 1 saturated heterocycles. The molecule has 2 aromatic carbocycles. The zero-order chi connectivity index (χ0) is 21.5. The van der Waals surface area contributed by atoms with E-state index in [1.54, 1.807) is 18.2 Å². The van der Waals surface area contributed by atoms with Gasteiger partial charge in [-0.3, -0.25) is 9.59 Å². The number of hydrogen-bond acceptors (Lipinski definition) is 5. The summed E-state index contributed by atoms with van der Waals surface area (Å²) in [4.78, 5) is 26.9. The van der Waals surface area contributed by atoms with Crippen LogP contribution < -0.4 is 20.1 Å². The molecule has 7 nitrogen and oxygen atoms in total. The van der Waals surface area contributed by atoms with Gasteiger partial charge in [0.1, 0.15) is 13.2 Å². The number of fused-ring (bicyclic) bond motifs is 1. The summed E-state index contributed by atoms with van der Waals surface area (Å²) in [7, 11) is 0. The zero-order valence-electron chi connectivity index (χ0n) is 17.6. The second-order valence-corrected chi connectivity index (χ2v) is 8.04. The molecule has 0 unspecified atom stereocenters. The number of amides is 2. The van der Waals surface area contributed by atoms with Gasteiger partial charge in [-0.1, -0.05) is 30.3 Å². The van der Waals surface area contributed by atoms with Crippen LogP contribution in [0.4, 0.5) is 5.69 Å². The van der Waals surface area contributed by atoms with Gasteiger partial charge in [0.2, 0.25) is 0 Å². The van der Waals surface area contributed by atoms with Crippen LogP contribution in [-0.4, -0.2) is 56.1 Å². The van der Waals surface area contributed by atoms with Gasteiger partial charge in [0, 0.05) is 24.8 Å². The molecule has 1 fully saturated rings. The Morgan fingerprint density at radius 1 is 0.935 bits per heavy atom. The molecular formula is C24H29N3O4. The third kappa shape index (κ3) is 5.98. The summed E-state index contributed by atoms with van der Waals surface area (Å²) >= 11 is 0. The quantitative estimate of drug-likeness (QED) is 0.698. The van der Waals surface area contributed by atoms with Crippen LogP contribution in [-0.2, 0) is 16.0 Å². The Kier molecular flexibility index (Phi) is 7.04. The van der Waals surface area contributed by atoms with Crippen molar-refractivity contribution < 1.29 is 19.1 Å². The van der Waals surface area contributed by atoms with Gasteiger partial charge in [-0.25, -0.2) is 0 Å². The monoisotopic (exact) mass is 423 g/mol. The van der Waals surface area contributed by atoms with Crippen LogP contribution in [0.15, 0.2) is 48.5 Å². The maximum atomic E-state index is 12.2. The molecule has 0 spiro atoms. The number of nitrogens with one attached hydrogen (secondary N) is 2. The van der Waals surface area contributed by atoms with Crippen molar-refractivity contribution in [3.8, 4) is 11.5 Å². The van der Waals surface area contributed by atoms with Gasteiger partial charge >= 0.3 is 11.8 Å². The molecule has 0 bridgehead atoms. The van der Waals surface area contributed by atoms with Crippen LogP contribution in [0.25, 0.3) is 0 Å². The summed E-state index contributed by atoms with van der Waals surface area (Å²) in [5, 5.41) is 5.41. The van der Waals surface area contributed by atoms with Gasteiger partial charge < -0.3 is 25.0 Å². The predicted molar refractivity (Wildman–Crippen MR) is 118 cm³/mol. The molecule has 2 N–H and O–H groups in total. The Labute approximate surface area is 182 Å². The molecule has 164 valence electrons. The highest BCUT2D eigenvalue weighted by Gasteiger charge is 2.22. The van der Waals surface area contributed by atoms with E-state index >= 15 is 0 Å². The number of likely N-dealkylation sites (tertiary alicyclic amines) is 1. The maximum Gasteiger partial charge on any atom is 0.313 e. The Balaban J connectivity index is 1.16. The topological polar surface area (TPSA) is 79.9 Å². The number of piperidine rings is 1. The number of nitrogens with zero attached hydrogens (tertiary/aromatic N) is 1. The second-order valence-electron chi connectivity index (χ2n) is 8.04. The first-order chi connectivity index (χ1) is 15.2. The van der Waals surface area contributed by atoms with Crippen molar-refractivity contribution in [2.24, 2.45) is 5.92 Å². The molecule has 2 aliphatic rings. The van der Waals surface area contributed by atoms with Gasteiger partial charge in [0.05, 0.1) is 0 Å². The van der Waals surface area contributed by atoms with Crippen LogP contribution >= 0.6 is 0 Å². The Morgan fingerprint density at radius 2 is 1.68 bits per heavy atom. The lowest BCUT2D eigenvalue weighted by Gasteiger charge is -2.32. The van der Waals surface area contributed by atoms with Gasteiger partial charge in [-0.2, -0.15) is 0 Å². The van der Waals surface area contributed by atoms with E-state index in [1.165, 1.54) is 5.56 Å². The molecule has 0 saturated carbocycles. The van der Waals surface area contributed by atoms with Crippen molar-refractivity contribution in [1.82, 2.24) is 10.2 Å². The van der Waals surface area contributed by atoms with Gasteiger partial charge in [-0.15, -0.1) is 0 Å². The van der Waals surface area contributed by atoms with Crippen molar-refractivity contribution in [2.75, 3.05) is 44.7 Å². The van der Waals surface area contributed by atoms with E-state index in [4.69, 9.17) is 9.47 Å². The Bertz CT molecular complexity index is 895. The maximum absolute atomic E-state index is 12.2. The van der Waals surface area contributed by atoms with Gasteiger partial charge in [0.15, 0.2) is 11.5 Å². The average molecular weight is 424 g/mol. The number of carbonyl (C=O) groups is 2. The molecule has 0 aromatic heterocycles. The lowest BCUT2D eigenvalue weighted by Crippen LogP contribution is -2.42. The molecule has 2 amide bonds. The summed E-state index contributed by atoms with van der Waals surface area (Å²) in [5.74, 6) is 0.338. The molecular weight excluding hydrogens is 394 g/mol. The molecule has 2 aromatic rings. The zero-order valence-corrected chi connectivity index (χ0v) is 17.6. The Hall–Kier alpha value is -3.06. The highest BCUT2D eigenvalue weighted by atomic mass is 16.6. The van der Waals surface area contributed by atoms with Crippen LogP contribution in [0, 0.1) is 5.92 Å². The number of ether oxygens (including phenoxy) is 2. The SMILES string of the molecule is O=C(NCC1CCN(CCc2ccccc2)CC1)C(=O)Nc1ccc2c(c1)OCCO2. The van der Waals surface area contributed by atoms with Crippen LogP contribution in [0.2, 0.25) is 0 Å². The highest BCUT2D eigenvalue weighted by Crippen LogP contribution is 2.32. The van der Waals surface area contributed by atoms with Crippen LogP contribution in [0.5, 0.6) is 11.5 Å². The molecule has 31 heavy (non-hydrogen) atoms. The fraction of sp³-hybridized carbons (Fsp3) is 0.417. The first-order valence-electron chi connectivity index (χ1n) is 10.9. The van der Waals surface area contributed by atoms with E-state index in [9.17, 15) is 9.59 Å². The summed E-state index contributed by atoms with van der Waals surface area (Å²) in [6.45, 7) is 4.61. The molecule has 2 heterocycles. The summed E-state index contributed by atoms with van der Waals surface area (Å²) in [6, 6.07) is 15.6. The fourth-order valence-corrected chi connectivity index (χ4v) is 3.97. The first kappa shape index (κ1) is 21.2. The summed E-state index contributed by atoms with van der Waals surface area (Å²) in [6.07, 6.45) is 3.11. The van der Waals surface area contributed by atoms with Gasteiger partial charge in [0.25, 0.3) is 0 Å². The van der Waals surface area contributed by atoms with Crippen molar-refractivity contribution >= 4 is 17.5 Å². The number of carbonyl (C=O) groups excluding carboxylic acids is 2. The summed E-state index contributed by atoms with van der Waals surface area (Å²) in [5.41, 5.74) is 1.87. The molecule has 4 rings (SSSR count). The normalized spacial score (nSPS) is 16.5. The third-order valence-electron chi connectivity index (χ3n) is 5.82. The molecule has 0 radical (unpaired) electrons. The van der Waals surface area contributed by atoms with Gasteiger partial charge in [-0.05, 0) is 56.0 Å². The lowest BCUT2D eigenvalue weighted by atomic mass is 9.96. The Morgan fingerprint density at radius 3 is 2.45 bits per heavy atom. The standard InChI is InChI=1S/C24H29N3O4/c28-23(24(29)26-20-6-7-21-22(16-20)31-15-14-30-21)25-17-19-9-12-27(13-10-19)11-8-18-4-2-1-3-5-18/h1-7,16,19H,8-15,17H2,(H,25,28)(H,26,29). The third-order valence-corrected chi connectivity index (χ3v) is 5.82. The minimum atomic E-state index is -0.669. The van der Waals surface area contributed by atoms with E-state index in [0.29, 0.717) is 42.9 Å². The minimum absolute atomic E-state index is 0.402. The largest absolute Gasteiger partial charge is 0.486 e. The van der Waals surface area contributed by atoms with E-state index in [2.05, 4.69) is 39.8 Å². The van der Waals surface area contributed by atoms with Crippen LogP contribution in [0.1, 0.15) is 18.4 Å². The van der Waals surface area contributed by atoms with Crippen molar-refractivity contribution in [3.63, 3.8) is 0 Å². The number of rotatable bonds is 6. The van der Waals surface area contributed by atoms with E-state index in [1.807, 2.05) is 6.07 Å². The van der Waals surface area contributed by atoms with Crippen molar-refractivity contribution in [2.45, 2.75) is 19.3 Å². The minimum Gasteiger partial charge on any atom is -0.486 e. The number of anilines is 1. The number of hydrogen-bond donors (Lipinski definition) is 2. The van der Waals surface area contributed by atoms with E-state index in [-0.39, 0.29) is 0 Å². The van der Waals surface area contributed by atoms with Crippen molar-refractivity contribution in [1.29, 1.82) is 0 Å². The first-order valence-corrected chi connectivity index (χ1v) is 10.9. The molecule has 2 aliphatic heterocycles. The fourth-order valence-electron chi connectivity index (χ4n) is 3.97. The molecule has 7 heteroatoms. The molecule has 0 aliphatic carbocycles. The second kappa shape index (κ2) is 10.3. The average Bonchev–Trinajstić information content (AvgIpc) is 2.82. The van der Waals surface area contributed by atoms with E-state index < -0.39 is 11.8 Å². The number of benzene rings is 2. The smallest absolute Gasteiger partial charge is 0.313 e. The predicted octanol–water partition coefficient (Wildman–Crippen LogP) is 2.47. The summed E-state index contributed by atoms with van der Waals surface area (Å²) < 4.78 is 11.0. The molecule has 0 atom stereocenters. The van der Waals surface area contributed by atoms with Crippen molar-refractivity contribution in [3.05, 3.63) is 54.1 Å².